The van der Waals surface area contributed by atoms with E-state index in [4.69, 9.17) is 36.1 Å². The molecule has 0 spiro atoms. The van der Waals surface area contributed by atoms with E-state index >= 15 is 0 Å². The summed E-state index contributed by atoms with van der Waals surface area (Å²) >= 11 is 0. The number of ketones is 3. The predicted octanol–water partition coefficient (Wildman–Crippen LogP) is 4.37. The number of nitriles is 1. The monoisotopic (exact) mass is 918 g/mol. The summed E-state index contributed by atoms with van der Waals surface area (Å²) in [6, 6.07) is 17.4. The van der Waals surface area contributed by atoms with E-state index in [0.29, 0.717) is 69.9 Å². The molecule has 0 saturated carbocycles. The molecule has 356 valence electrons. The van der Waals surface area contributed by atoms with E-state index < -0.39 is 41.5 Å². The fraction of sp³-hybridized carbons (Fsp3) is 0.440. The normalized spacial score (nSPS) is 16.5. The van der Waals surface area contributed by atoms with Crippen molar-refractivity contribution in [3.63, 3.8) is 0 Å². The Bertz CT molecular complexity index is 2410. The highest BCUT2D eigenvalue weighted by Crippen LogP contribution is 2.41. The number of hydrogen-bond acceptors (Lipinski definition) is 15. The molecule has 0 unspecified atom stereocenters. The zero-order chi connectivity index (χ0) is 48.6. The number of rotatable bonds is 21. The maximum atomic E-state index is 14.8. The topological polar surface area (TPSA) is 265 Å². The van der Waals surface area contributed by atoms with Gasteiger partial charge in [-0.1, -0.05) is 19.1 Å². The number of benzene rings is 3. The van der Waals surface area contributed by atoms with Crippen LogP contribution < -0.4 is 36.7 Å². The Morgan fingerprint density at radius 2 is 1.49 bits per heavy atom. The second-order valence-electron chi connectivity index (χ2n) is 16.5. The minimum Gasteiger partial charge on any atom is -0.492 e. The number of aromatic nitrogens is 2. The van der Waals surface area contributed by atoms with Crippen molar-refractivity contribution in [1.29, 1.82) is 5.26 Å². The van der Waals surface area contributed by atoms with Crippen LogP contribution in [0.1, 0.15) is 77.9 Å². The minimum atomic E-state index is -1.25. The van der Waals surface area contributed by atoms with Gasteiger partial charge in [0.2, 0.25) is 11.8 Å². The van der Waals surface area contributed by atoms with Gasteiger partial charge in [0.15, 0.2) is 23.2 Å². The van der Waals surface area contributed by atoms with Crippen LogP contribution in [0.4, 0.5) is 0 Å². The average Bonchev–Trinajstić information content (AvgIpc) is 3.31. The van der Waals surface area contributed by atoms with Gasteiger partial charge in [0, 0.05) is 81.5 Å². The van der Waals surface area contributed by atoms with Crippen LogP contribution in [-0.4, -0.2) is 110 Å². The fourth-order valence-electron chi connectivity index (χ4n) is 8.16. The van der Waals surface area contributed by atoms with E-state index in [1.54, 1.807) is 70.3 Å². The largest absolute Gasteiger partial charge is 0.492 e. The molecule has 4 aromatic rings. The van der Waals surface area contributed by atoms with Crippen LogP contribution in [0, 0.1) is 37.0 Å². The summed E-state index contributed by atoms with van der Waals surface area (Å²) in [5.41, 5.74) is 21.8. The van der Waals surface area contributed by atoms with Crippen LogP contribution in [0.15, 0.2) is 60.7 Å². The number of likely N-dealkylation sites (N-methyl/N-ethyl adjacent to an activating group) is 1. The van der Waals surface area contributed by atoms with E-state index in [-0.39, 0.29) is 88.5 Å². The quantitative estimate of drug-likeness (QED) is 0.0668. The van der Waals surface area contributed by atoms with Gasteiger partial charge < -0.3 is 46.4 Å². The highest BCUT2D eigenvalue weighted by atomic mass is 16.5. The molecule has 1 aliphatic rings. The molecule has 0 fully saturated rings. The van der Waals surface area contributed by atoms with Crippen LogP contribution in [0.25, 0.3) is 22.5 Å². The van der Waals surface area contributed by atoms with Gasteiger partial charge in [-0.05, 0) is 92.9 Å². The molecule has 5 rings (SSSR count). The molecular weight excluding hydrogens is 857 g/mol. The van der Waals surface area contributed by atoms with E-state index in [1.807, 2.05) is 24.3 Å². The summed E-state index contributed by atoms with van der Waals surface area (Å²) in [5, 5.41) is 12.1. The lowest BCUT2D eigenvalue weighted by molar-refractivity contribution is -0.142. The molecule has 0 saturated heterocycles. The number of amides is 2. The zero-order valence-corrected chi connectivity index (χ0v) is 39.0. The van der Waals surface area contributed by atoms with E-state index in [9.17, 15) is 29.2 Å². The first-order chi connectivity index (χ1) is 32.2. The molecule has 3 aromatic carbocycles. The molecule has 7 N–H and O–H groups in total. The van der Waals surface area contributed by atoms with Crippen LogP contribution in [0.3, 0.4) is 0 Å². The number of nitrogens with two attached hydrogens (primary N) is 3. The number of Topliss-reactive ketones (excluding diaryl/α,β-unsaturated/α-hetero) is 3. The first-order valence-electron chi connectivity index (χ1n) is 22.5. The third-order valence-electron chi connectivity index (χ3n) is 11.5. The first-order valence-corrected chi connectivity index (χ1v) is 22.5. The molecule has 4 bridgehead atoms. The SMILES string of the molecule is COCCOc1ccc(-c2nc(C)c(C(=O)C[C@@H](CCN)C(=O)N(C)[C@@H]3C(=O)C[C@@H](C)C(=O)N[C@H](C(=O)CCC#N)Cc4ccc(OCCN)c(c4)-c4cc3ccc4OCCN)c(C)n2)cc1. The smallest absolute Gasteiger partial charge is 0.226 e. The summed E-state index contributed by atoms with van der Waals surface area (Å²) in [4.78, 5) is 81.8. The predicted molar refractivity (Wildman–Crippen MR) is 251 cm³/mol. The summed E-state index contributed by atoms with van der Waals surface area (Å²) in [6.07, 6.45) is -0.461. The Morgan fingerprint density at radius 3 is 2.10 bits per heavy atom. The summed E-state index contributed by atoms with van der Waals surface area (Å²) in [7, 11) is 3.09. The molecule has 4 atom stereocenters. The molecular formula is C50H62N8O9. The van der Waals surface area contributed by atoms with Crippen molar-refractivity contribution >= 4 is 29.2 Å². The molecule has 0 aliphatic carbocycles. The number of methoxy groups -OCH3 is 1. The number of carbonyl (C=O) groups is 5. The average molecular weight is 919 g/mol. The van der Waals surface area contributed by atoms with Gasteiger partial charge in [-0.15, -0.1) is 0 Å². The Balaban J connectivity index is 1.54. The van der Waals surface area contributed by atoms with E-state index in [2.05, 4.69) is 15.3 Å². The highest BCUT2D eigenvalue weighted by Gasteiger charge is 2.36. The Kier molecular flexibility index (Phi) is 19.0. The van der Waals surface area contributed by atoms with Crippen LogP contribution >= 0.6 is 0 Å². The number of carbonyl (C=O) groups excluding carboxylic acids is 5. The molecule has 1 aromatic heterocycles. The van der Waals surface area contributed by atoms with Crippen molar-refractivity contribution < 1.29 is 42.9 Å². The minimum absolute atomic E-state index is 0.0367. The number of hydrogen-bond donors (Lipinski definition) is 4. The Labute approximate surface area is 391 Å². The van der Waals surface area contributed by atoms with Crippen molar-refractivity contribution in [2.75, 3.05) is 60.2 Å². The third-order valence-corrected chi connectivity index (χ3v) is 11.5. The van der Waals surface area contributed by atoms with Crippen molar-refractivity contribution in [3.8, 4) is 45.8 Å². The summed E-state index contributed by atoms with van der Waals surface area (Å²) < 4.78 is 23.0. The first kappa shape index (κ1) is 51.4. The van der Waals surface area contributed by atoms with Gasteiger partial charge in [-0.3, -0.25) is 24.0 Å². The summed E-state index contributed by atoms with van der Waals surface area (Å²) in [5.74, 6) is -2.19. The molecule has 2 amide bonds. The van der Waals surface area contributed by atoms with Crippen LogP contribution in [0.2, 0.25) is 0 Å². The van der Waals surface area contributed by atoms with Gasteiger partial charge in [0.1, 0.15) is 43.1 Å². The lowest BCUT2D eigenvalue weighted by Gasteiger charge is -2.32. The van der Waals surface area contributed by atoms with Crippen molar-refractivity contribution in [2.24, 2.45) is 29.0 Å². The number of aryl methyl sites for hydroxylation is 2. The number of nitrogens with one attached hydrogen (secondary N) is 1. The second kappa shape index (κ2) is 24.8. The van der Waals surface area contributed by atoms with Crippen LogP contribution in [0.5, 0.6) is 17.2 Å². The Morgan fingerprint density at radius 1 is 0.851 bits per heavy atom. The van der Waals surface area contributed by atoms with Gasteiger partial charge in [-0.2, -0.15) is 5.26 Å². The van der Waals surface area contributed by atoms with Crippen LogP contribution in [-0.2, 0) is 30.3 Å². The molecule has 17 nitrogen and oxygen atoms in total. The maximum absolute atomic E-state index is 14.8. The zero-order valence-electron chi connectivity index (χ0n) is 39.0. The van der Waals surface area contributed by atoms with Gasteiger partial charge in [-0.25, -0.2) is 9.97 Å². The van der Waals surface area contributed by atoms with Gasteiger partial charge >= 0.3 is 0 Å². The lowest BCUT2D eigenvalue weighted by Crippen LogP contribution is -2.46. The molecule has 17 heteroatoms. The van der Waals surface area contributed by atoms with Crippen molar-refractivity contribution in [1.82, 2.24) is 20.2 Å². The van der Waals surface area contributed by atoms with E-state index in [0.717, 1.165) is 5.56 Å². The lowest BCUT2D eigenvalue weighted by atomic mass is 9.88. The maximum Gasteiger partial charge on any atom is 0.226 e. The van der Waals surface area contributed by atoms with Crippen molar-refractivity contribution in [2.45, 2.75) is 71.4 Å². The number of fused-ring (bicyclic) bond motifs is 5. The molecule has 2 heterocycles. The second-order valence-corrected chi connectivity index (χ2v) is 16.5. The fourth-order valence-corrected chi connectivity index (χ4v) is 8.16. The molecule has 1 aliphatic heterocycles. The number of ether oxygens (including phenoxy) is 4. The standard InChI is InChI=1S/C50H62N8O9/c1-30-25-43(61)47(58(4)50(63)36(16-18-52)29-42(60)46-31(2)55-48(56-32(46)3)34-9-12-37(13-10-34)65-24-23-64-5)35-11-15-45(67-22-20-54)39(28-35)38-26-33(8-14-44(38)66-21-19-53)27-40(57-49(30)62)41(59)7-6-17-51/h8-15,26,28,30,36,40,47H,6-7,16,18-25,27,29,52-54H2,1-5H3,(H,57,62)/t30-,36-,40+,47+/m1/s1. The highest BCUT2D eigenvalue weighted by molar-refractivity contribution is 6.01. The molecule has 67 heavy (non-hydrogen) atoms. The number of nitrogens with zero attached hydrogens (tertiary/aromatic N) is 4. The summed E-state index contributed by atoms with van der Waals surface area (Å²) in [6.45, 7) is 6.68. The third kappa shape index (κ3) is 13.3. The van der Waals surface area contributed by atoms with Gasteiger partial charge in [0.05, 0.1) is 35.7 Å². The Hall–Kier alpha value is -6.58. The van der Waals surface area contributed by atoms with Gasteiger partial charge in [0.25, 0.3) is 0 Å². The van der Waals surface area contributed by atoms with E-state index in [1.165, 1.54) is 11.9 Å². The molecule has 0 radical (unpaired) electrons. The van der Waals surface area contributed by atoms with Crippen molar-refractivity contribution in [3.05, 3.63) is 88.7 Å².